The average molecular weight is 541 g/mol. The number of aliphatic carboxylic acids is 1. The van der Waals surface area contributed by atoms with Crippen molar-refractivity contribution >= 4 is 63.7 Å². The number of nitrogens with two attached hydrogens (primary N) is 1. The number of rotatable bonds is 10. The van der Waals surface area contributed by atoms with E-state index in [4.69, 9.17) is 10.6 Å². The minimum absolute atomic E-state index is 0.0392. The summed E-state index contributed by atoms with van der Waals surface area (Å²) in [6.45, 7) is 2.64. The van der Waals surface area contributed by atoms with Gasteiger partial charge in [-0.05, 0) is 22.4 Å². The van der Waals surface area contributed by atoms with Crippen LogP contribution in [-0.2, 0) is 25.8 Å². The lowest BCUT2D eigenvalue weighted by Crippen LogP contribution is -2.71. The first kappa shape index (κ1) is 24.9. The molecule has 18 heteroatoms. The molecule has 0 aromatic carbocycles. The Hall–Kier alpha value is -3.25. The van der Waals surface area contributed by atoms with E-state index in [2.05, 4.69) is 35.4 Å². The highest BCUT2D eigenvalue weighted by atomic mass is 32.2. The van der Waals surface area contributed by atoms with E-state index in [-0.39, 0.29) is 22.4 Å². The summed E-state index contributed by atoms with van der Waals surface area (Å²) in [6.07, 6.45) is 0.845. The van der Waals surface area contributed by atoms with Gasteiger partial charge in [-0.1, -0.05) is 23.8 Å². The molecule has 2 aliphatic heterocycles. The van der Waals surface area contributed by atoms with Crippen LogP contribution in [0, 0.1) is 0 Å². The van der Waals surface area contributed by atoms with Crippen LogP contribution in [0.5, 0.6) is 0 Å². The predicted octanol–water partition coefficient (Wildman–Crippen LogP) is -0.602. The zero-order chi connectivity index (χ0) is 25.1. The Labute approximate surface area is 210 Å². The van der Waals surface area contributed by atoms with Crippen LogP contribution in [0.25, 0.3) is 0 Å². The highest BCUT2D eigenvalue weighted by Gasteiger charge is 2.54. The number of hydrogen-bond acceptors (Lipinski definition) is 14. The van der Waals surface area contributed by atoms with Gasteiger partial charge in [0.25, 0.3) is 11.8 Å². The SMILES string of the molecule is CCCn1nnnc1SCC1=C(C(=O)O)N2C(=O)C(NC(=O)C(=NOC)c3nsc(N)n3)[C@H]2SC1. The standard InChI is InChI=1S/C17H20N10O5S3/c1-3-4-26-17(21-24-25-26)34-6-7-5-33-14-9(13(29)27(14)10(7)15(30)31)19-12(28)8(22-32-2)11-20-16(18)35-23-11/h9,14H,3-6H2,1-2H3,(H,19,28)(H,30,31)(H2,18,20,23)/t9?,14-/m1/s1. The molecule has 4 heterocycles. The number of nitrogen functional groups attached to an aromatic ring is 1. The second-order valence-corrected chi connectivity index (χ2v) is 10.0. The summed E-state index contributed by atoms with van der Waals surface area (Å²) in [4.78, 5) is 47.6. The fourth-order valence-corrected chi connectivity index (χ4v) is 6.24. The van der Waals surface area contributed by atoms with Crippen LogP contribution >= 0.6 is 35.1 Å². The van der Waals surface area contributed by atoms with Crippen molar-refractivity contribution in [3.8, 4) is 0 Å². The molecule has 35 heavy (non-hydrogen) atoms. The zero-order valence-corrected chi connectivity index (χ0v) is 20.9. The zero-order valence-electron chi connectivity index (χ0n) is 18.4. The van der Waals surface area contributed by atoms with Crippen molar-refractivity contribution in [2.24, 2.45) is 5.16 Å². The van der Waals surface area contributed by atoms with Crippen LogP contribution in [0.3, 0.4) is 0 Å². The van der Waals surface area contributed by atoms with Crippen LogP contribution in [0.4, 0.5) is 5.13 Å². The highest BCUT2D eigenvalue weighted by Crippen LogP contribution is 2.41. The number of tetrazole rings is 1. The molecule has 2 amide bonds. The summed E-state index contributed by atoms with van der Waals surface area (Å²) in [5, 5.41) is 27.8. The van der Waals surface area contributed by atoms with E-state index < -0.39 is 29.2 Å². The molecule has 0 saturated carbocycles. The lowest BCUT2D eigenvalue weighted by atomic mass is 10.0. The molecule has 2 aromatic rings. The minimum Gasteiger partial charge on any atom is -0.477 e. The number of hydrogen-bond donors (Lipinski definition) is 3. The molecule has 1 saturated heterocycles. The van der Waals surface area contributed by atoms with Gasteiger partial charge < -0.3 is 21.0 Å². The number of thioether (sulfide) groups is 2. The van der Waals surface area contributed by atoms with Gasteiger partial charge in [-0.3, -0.25) is 14.5 Å². The number of carbonyl (C=O) groups is 3. The lowest BCUT2D eigenvalue weighted by Gasteiger charge is -2.49. The van der Waals surface area contributed by atoms with Crippen LogP contribution in [0.2, 0.25) is 0 Å². The summed E-state index contributed by atoms with van der Waals surface area (Å²) in [5.74, 6) is -1.90. The molecule has 15 nitrogen and oxygen atoms in total. The van der Waals surface area contributed by atoms with Gasteiger partial charge in [-0.15, -0.1) is 16.9 Å². The molecular formula is C17H20N10O5S3. The molecule has 2 aromatic heterocycles. The monoisotopic (exact) mass is 540 g/mol. The number of carboxylic acid groups (broad SMARTS) is 1. The maximum Gasteiger partial charge on any atom is 0.352 e. The van der Waals surface area contributed by atoms with Crippen LogP contribution in [0.15, 0.2) is 21.6 Å². The van der Waals surface area contributed by atoms with Gasteiger partial charge in [-0.2, -0.15) is 9.36 Å². The third-order valence-electron chi connectivity index (χ3n) is 4.90. The van der Waals surface area contributed by atoms with Crippen molar-refractivity contribution in [2.45, 2.75) is 36.5 Å². The first-order valence-corrected chi connectivity index (χ1v) is 13.0. The van der Waals surface area contributed by atoms with Crippen LogP contribution < -0.4 is 11.1 Å². The van der Waals surface area contributed by atoms with Gasteiger partial charge in [0.15, 0.2) is 5.13 Å². The number of nitrogens with one attached hydrogen (secondary N) is 1. The molecule has 2 aliphatic rings. The summed E-state index contributed by atoms with van der Waals surface area (Å²) < 4.78 is 5.59. The number of aryl methyl sites for hydroxylation is 1. The molecule has 0 radical (unpaired) electrons. The Kier molecular flexibility index (Phi) is 7.51. The van der Waals surface area contributed by atoms with Crippen molar-refractivity contribution < 1.29 is 24.3 Å². The highest BCUT2D eigenvalue weighted by molar-refractivity contribution is 8.01. The molecule has 186 valence electrons. The van der Waals surface area contributed by atoms with Crippen molar-refractivity contribution in [2.75, 3.05) is 24.3 Å². The first-order chi connectivity index (χ1) is 16.8. The number of anilines is 1. The number of carboxylic acids is 1. The smallest absolute Gasteiger partial charge is 0.352 e. The summed E-state index contributed by atoms with van der Waals surface area (Å²) in [7, 11) is 1.25. The van der Waals surface area contributed by atoms with E-state index in [1.54, 1.807) is 4.68 Å². The van der Waals surface area contributed by atoms with E-state index in [9.17, 15) is 19.5 Å². The minimum atomic E-state index is -1.22. The van der Waals surface area contributed by atoms with Crippen molar-refractivity contribution in [1.29, 1.82) is 0 Å². The first-order valence-electron chi connectivity index (χ1n) is 10.2. The van der Waals surface area contributed by atoms with Crippen molar-refractivity contribution in [3.05, 3.63) is 17.1 Å². The maximum absolute atomic E-state index is 12.9. The van der Waals surface area contributed by atoms with E-state index in [0.29, 0.717) is 28.8 Å². The molecule has 0 bridgehead atoms. The number of oxime groups is 1. The molecule has 4 rings (SSSR count). The molecule has 0 spiro atoms. The molecule has 0 aliphatic carbocycles. The van der Waals surface area contributed by atoms with Gasteiger partial charge in [0.1, 0.15) is 24.2 Å². The topological polar surface area (TPSA) is 204 Å². The van der Waals surface area contributed by atoms with E-state index in [1.165, 1.54) is 35.5 Å². The third-order valence-corrected chi connectivity index (χ3v) is 7.82. The predicted molar refractivity (Wildman–Crippen MR) is 126 cm³/mol. The maximum atomic E-state index is 12.9. The quantitative estimate of drug-likeness (QED) is 0.149. The van der Waals surface area contributed by atoms with E-state index in [1.807, 2.05) is 6.92 Å². The third kappa shape index (κ3) is 4.94. The normalized spacial score (nSPS) is 19.9. The molecule has 1 fully saturated rings. The number of aromatic nitrogens is 6. The summed E-state index contributed by atoms with van der Waals surface area (Å²) in [5.41, 5.74) is 5.80. The Morgan fingerprint density at radius 3 is 2.89 bits per heavy atom. The van der Waals surface area contributed by atoms with Gasteiger partial charge in [0.2, 0.25) is 16.7 Å². The second-order valence-electron chi connectivity index (χ2n) is 7.17. The Balaban J connectivity index is 1.48. The fraction of sp³-hybridized carbons (Fsp3) is 0.471. The Morgan fingerprint density at radius 2 is 2.23 bits per heavy atom. The van der Waals surface area contributed by atoms with Crippen molar-refractivity contribution in [3.63, 3.8) is 0 Å². The summed E-state index contributed by atoms with van der Waals surface area (Å²) in [6, 6.07) is -0.953. The van der Waals surface area contributed by atoms with Crippen molar-refractivity contribution in [1.82, 2.24) is 39.8 Å². The van der Waals surface area contributed by atoms with Gasteiger partial charge >= 0.3 is 5.97 Å². The van der Waals surface area contributed by atoms with Gasteiger partial charge in [0.05, 0.1) is 0 Å². The lowest BCUT2D eigenvalue weighted by molar-refractivity contribution is -0.150. The average Bonchev–Trinajstić information content (AvgIpc) is 3.47. The summed E-state index contributed by atoms with van der Waals surface area (Å²) >= 11 is 3.53. The van der Waals surface area contributed by atoms with Crippen LogP contribution in [-0.4, -0.2) is 93.1 Å². The van der Waals surface area contributed by atoms with Gasteiger partial charge in [-0.25, -0.2) is 9.48 Å². The largest absolute Gasteiger partial charge is 0.477 e. The molecule has 1 unspecified atom stereocenters. The molecule has 2 atom stereocenters. The fourth-order valence-electron chi connectivity index (χ4n) is 3.41. The number of nitrogens with zero attached hydrogens (tertiary/aromatic N) is 8. The Morgan fingerprint density at radius 1 is 1.43 bits per heavy atom. The van der Waals surface area contributed by atoms with Crippen LogP contribution in [0.1, 0.15) is 19.2 Å². The number of β-lactam (4-membered cyclic amide) rings is 1. The number of fused-ring (bicyclic) bond motifs is 1. The number of amides is 2. The molecular weight excluding hydrogens is 520 g/mol. The number of carbonyl (C=O) groups excluding carboxylic acids is 2. The second kappa shape index (κ2) is 10.6. The van der Waals surface area contributed by atoms with Gasteiger partial charge in [0, 0.05) is 29.6 Å². The van der Waals surface area contributed by atoms with E-state index in [0.717, 1.165) is 18.0 Å². The van der Waals surface area contributed by atoms with E-state index >= 15 is 0 Å². The molecule has 4 N–H and O–H groups in total. The Bertz CT molecular complexity index is 1210.